The lowest BCUT2D eigenvalue weighted by Crippen LogP contribution is -2.28. The molecule has 0 aromatic heterocycles. The largest absolute Gasteiger partial charge is 0.424 e. The van der Waals surface area contributed by atoms with Crippen molar-refractivity contribution in [3.63, 3.8) is 0 Å². The molecule has 5 nitrogen and oxygen atoms in total. The first-order valence-corrected chi connectivity index (χ1v) is 6.55. The number of rotatable bonds is 3. The molecule has 0 bridgehead atoms. The maximum atomic E-state index is 12.0. The molecule has 0 atom stereocenters. The summed E-state index contributed by atoms with van der Waals surface area (Å²) in [7, 11) is 0. The Labute approximate surface area is 122 Å². The third-order valence-corrected chi connectivity index (χ3v) is 3.11. The van der Waals surface area contributed by atoms with E-state index in [9.17, 15) is 9.59 Å². The first kappa shape index (κ1) is 14.2. The Bertz CT molecular complexity index is 583. The predicted octanol–water partition coefficient (Wildman–Crippen LogP) is 2.04. The van der Waals surface area contributed by atoms with Gasteiger partial charge in [-0.15, -0.1) is 0 Å². The molecule has 2 amide bonds. The fraction of sp³-hybridized carbons (Fsp3) is 0.214. The number of hydrogen-bond acceptors (Lipinski definition) is 4. The van der Waals surface area contributed by atoms with E-state index in [1.165, 1.54) is 22.9 Å². The van der Waals surface area contributed by atoms with Crippen LogP contribution in [-0.2, 0) is 14.3 Å². The topological polar surface area (TPSA) is 49.9 Å². The molecule has 2 rings (SSSR count). The standard InChI is InChI=1S/C14H14N2O3S/c1-3-15-13(18)12(19-14(15)20)9-16(10(2)17)11-7-5-4-6-8-11/h4-9H,3H2,1-2H3/b12-9-. The van der Waals surface area contributed by atoms with Crippen LogP contribution in [0.15, 0.2) is 42.3 Å². The molecule has 0 N–H and O–H groups in total. The number of carbonyl (C=O) groups excluding carboxylic acids is 2. The lowest BCUT2D eigenvalue weighted by Gasteiger charge is -2.16. The summed E-state index contributed by atoms with van der Waals surface area (Å²) >= 11 is 4.97. The number of ether oxygens (including phenoxy) is 1. The van der Waals surface area contributed by atoms with Gasteiger partial charge in [-0.25, -0.2) is 0 Å². The monoisotopic (exact) mass is 290 g/mol. The summed E-state index contributed by atoms with van der Waals surface area (Å²) in [6, 6.07) is 9.01. The average Bonchev–Trinajstić information content (AvgIpc) is 2.70. The second kappa shape index (κ2) is 5.83. The van der Waals surface area contributed by atoms with Gasteiger partial charge in [-0.2, -0.15) is 0 Å². The first-order valence-electron chi connectivity index (χ1n) is 6.15. The number of thiocarbonyl (C=S) groups is 1. The molecule has 1 fully saturated rings. The predicted molar refractivity (Wildman–Crippen MR) is 78.8 cm³/mol. The van der Waals surface area contributed by atoms with Gasteiger partial charge < -0.3 is 4.74 Å². The highest BCUT2D eigenvalue weighted by Crippen LogP contribution is 2.21. The highest BCUT2D eigenvalue weighted by molar-refractivity contribution is 7.80. The van der Waals surface area contributed by atoms with E-state index in [2.05, 4.69) is 0 Å². The first-order chi connectivity index (χ1) is 9.54. The van der Waals surface area contributed by atoms with Gasteiger partial charge in [0.25, 0.3) is 11.1 Å². The molecule has 1 saturated heterocycles. The van der Waals surface area contributed by atoms with Crippen molar-refractivity contribution in [2.24, 2.45) is 0 Å². The Morgan fingerprint density at radius 1 is 1.40 bits per heavy atom. The summed E-state index contributed by atoms with van der Waals surface area (Å²) in [5, 5.41) is 0.111. The number of carbonyl (C=O) groups is 2. The molecule has 1 heterocycles. The minimum absolute atomic E-state index is 0.0518. The summed E-state index contributed by atoms with van der Waals surface area (Å²) in [5.74, 6) is -0.503. The van der Waals surface area contributed by atoms with Gasteiger partial charge >= 0.3 is 0 Å². The van der Waals surface area contributed by atoms with Crippen molar-refractivity contribution in [3.05, 3.63) is 42.3 Å². The second-order valence-corrected chi connectivity index (χ2v) is 4.48. The zero-order valence-corrected chi connectivity index (χ0v) is 12.0. The zero-order chi connectivity index (χ0) is 14.7. The molecule has 1 aliphatic rings. The van der Waals surface area contributed by atoms with E-state index < -0.39 is 0 Å². The van der Waals surface area contributed by atoms with Crippen molar-refractivity contribution >= 4 is 34.9 Å². The summed E-state index contributed by atoms with van der Waals surface area (Å²) in [5.41, 5.74) is 0.657. The van der Waals surface area contributed by atoms with Crippen molar-refractivity contribution < 1.29 is 14.3 Å². The quantitative estimate of drug-likeness (QED) is 0.631. The lowest BCUT2D eigenvalue weighted by molar-refractivity contribution is -0.122. The summed E-state index contributed by atoms with van der Waals surface area (Å²) in [4.78, 5) is 26.5. The Morgan fingerprint density at radius 3 is 2.55 bits per heavy atom. The maximum absolute atomic E-state index is 12.0. The third kappa shape index (κ3) is 2.70. The summed E-state index contributed by atoms with van der Waals surface area (Å²) in [6.45, 7) is 3.65. The Hall–Kier alpha value is -2.21. The summed E-state index contributed by atoms with van der Waals surface area (Å²) in [6.07, 6.45) is 1.38. The van der Waals surface area contributed by atoms with Gasteiger partial charge in [-0.1, -0.05) is 18.2 Å². The highest BCUT2D eigenvalue weighted by Gasteiger charge is 2.33. The minimum atomic E-state index is -0.334. The van der Waals surface area contributed by atoms with Gasteiger partial charge in [-0.3, -0.25) is 19.4 Å². The van der Waals surface area contributed by atoms with Crippen LogP contribution in [0.5, 0.6) is 0 Å². The van der Waals surface area contributed by atoms with Crippen molar-refractivity contribution in [2.75, 3.05) is 11.4 Å². The molecule has 0 unspecified atom stereocenters. The second-order valence-electron chi connectivity index (χ2n) is 4.14. The van der Waals surface area contributed by atoms with Crippen molar-refractivity contribution in [3.8, 4) is 0 Å². The van der Waals surface area contributed by atoms with Crippen molar-refractivity contribution in [2.45, 2.75) is 13.8 Å². The number of amides is 2. The number of para-hydroxylation sites is 1. The molecule has 0 spiro atoms. The van der Waals surface area contributed by atoms with Crippen LogP contribution in [0, 0.1) is 0 Å². The molecule has 104 valence electrons. The van der Waals surface area contributed by atoms with E-state index >= 15 is 0 Å². The molecular weight excluding hydrogens is 276 g/mol. The van der Waals surface area contributed by atoms with Crippen LogP contribution in [0.4, 0.5) is 5.69 Å². The number of hydrogen-bond donors (Lipinski definition) is 0. The fourth-order valence-corrected chi connectivity index (χ4v) is 2.12. The van der Waals surface area contributed by atoms with Crippen LogP contribution in [0.25, 0.3) is 0 Å². The molecular formula is C14H14N2O3S. The number of anilines is 1. The number of nitrogens with zero attached hydrogens (tertiary/aromatic N) is 2. The Balaban J connectivity index is 2.34. The van der Waals surface area contributed by atoms with Crippen LogP contribution >= 0.6 is 12.2 Å². The molecule has 6 heteroatoms. The number of benzene rings is 1. The smallest absolute Gasteiger partial charge is 0.298 e. The highest BCUT2D eigenvalue weighted by atomic mass is 32.1. The maximum Gasteiger partial charge on any atom is 0.298 e. The molecule has 0 radical (unpaired) electrons. The minimum Gasteiger partial charge on any atom is -0.424 e. The van der Waals surface area contributed by atoms with Gasteiger partial charge in [0.1, 0.15) is 0 Å². The van der Waals surface area contributed by atoms with Gasteiger partial charge in [0.05, 0.1) is 6.20 Å². The Morgan fingerprint density at radius 2 is 2.05 bits per heavy atom. The SMILES string of the molecule is CCN1C(=O)/C(=C/N(C(C)=O)c2ccccc2)OC1=S. The lowest BCUT2D eigenvalue weighted by atomic mass is 10.3. The van der Waals surface area contributed by atoms with Crippen LogP contribution in [0.3, 0.4) is 0 Å². The van der Waals surface area contributed by atoms with Gasteiger partial charge in [0.2, 0.25) is 11.7 Å². The van der Waals surface area contributed by atoms with Crippen LogP contribution in [0.2, 0.25) is 0 Å². The van der Waals surface area contributed by atoms with Gasteiger partial charge in [0.15, 0.2) is 0 Å². The van der Waals surface area contributed by atoms with Crippen LogP contribution in [-0.4, -0.2) is 28.4 Å². The van der Waals surface area contributed by atoms with Crippen molar-refractivity contribution in [1.82, 2.24) is 4.90 Å². The molecule has 20 heavy (non-hydrogen) atoms. The molecule has 1 aromatic carbocycles. The van der Waals surface area contributed by atoms with Gasteiger partial charge in [-0.05, 0) is 31.3 Å². The van der Waals surface area contributed by atoms with Gasteiger partial charge in [0, 0.05) is 19.2 Å². The average molecular weight is 290 g/mol. The molecule has 0 aliphatic carbocycles. The van der Waals surface area contributed by atoms with Crippen LogP contribution < -0.4 is 4.90 Å². The summed E-state index contributed by atoms with van der Waals surface area (Å²) < 4.78 is 5.25. The fourth-order valence-electron chi connectivity index (χ4n) is 1.82. The van der Waals surface area contributed by atoms with E-state index in [-0.39, 0.29) is 22.7 Å². The normalized spacial score (nSPS) is 16.5. The van der Waals surface area contributed by atoms with E-state index in [1.54, 1.807) is 19.1 Å². The molecule has 1 aromatic rings. The zero-order valence-electron chi connectivity index (χ0n) is 11.2. The van der Waals surface area contributed by atoms with Crippen LogP contribution in [0.1, 0.15) is 13.8 Å². The molecule has 1 aliphatic heterocycles. The van der Waals surface area contributed by atoms with E-state index in [1.807, 2.05) is 18.2 Å². The molecule has 0 saturated carbocycles. The van der Waals surface area contributed by atoms with E-state index in [4.69, 9.17) is 17.0 Å². The Kier molecular flexibility index (Phi) is 4.14. The van der Waals surface area contributed by atoms with Crippen molar-refractivity contribution in [1.29, 1.82) is 0 Å². The van der Waals surface area contributed by atoms with E-state index in [0.717, 1.165) is 0 Å². The van der Waals surface area contributed by atoms with E-state index in [0.29, 0.717) is 12.2 Å². The third-order valence-electron chi connectivity index (χ3n) is 2.81. The number of likely N-dealkylation sites (N-methyl/N-ethyl adjacent to an activating group) is 1.